The number of aromatic nitrogens is 4. The van der Waals surface area contributed by atoms with Crippen molar-refractivity contribution in [1.82, 2.24) is 20.2 Å². The Labute approximate surface area is 122 Å². The van der Waals surface area contributed by atoms with E-state index in [1.165, 1.54) is 12.4 Å². The number of anilines is 1. The molecule has 0 spiro atoms. The van der Waals surface area contributed by atoms with Crippen LogP contribution in [0.2, 0.25) is 0 Å². The van der Waals surface area contributed by atoms with Gasteiger partial charge in [-0.2, -0.15) is 4.98 Å². The summed E-state index contributed by atoms with van der Waals surface area (Å²) >= 11 is 0. The standard InChI is InChI=1S/C14H19FN6/c1-9(16)10-3-6-21(7-4-10)14-18-13(19-20-14)11-2-5-17-8-12(11)15/h2,5,8-10H,3-4,6-7,16H2,1H3,(H,18,19,20). The zero-order chi connectivity index (χ0) is 14.8. The maximum atomic E-state index is 13.7. The number of halogens is 1. The van der Waals surface area contributed by atoms with Crippen molar-refractivity contribution in [3.05, 3.63) is 24.3 Å². The quantitative estimate of drug-likeness (QED) is 0.896. The number of hydrogen-bond donors (Lipinski definition) is 2. The summed E-state index contributed by atoms with van der Waals surface area (Å²) in [6.07, 6.45) is 4.77. The highest BCUT2D eigenvalue weighted by Gasteiger charge is 2.24. The summed E-state index contributed by atoms with van der Waals surface area (Å²) in [6, 6.07) is 1.81. The van der Waals surface area contributed by atoms with Crippen LogP contribution in [-0.2, 0) is 0 Å². The molecule has 1 aliphatic rings. The maximum absolute atomic E-state index is 13.7. The first-order valence-electron chi connectivity index (χ1n) is 7.18. The van der Waals surface area contributed by atoms with E-state index in [9.17, 15) is 4.39 Å². The van der Waals surface area contributed by atoms with Crippen molar-refractivity contribution in [2.75, 3.05) is 18.0 Å². The Hall–Kier alpha value is -2.02. The van der Waals surface area contributed by atoms with E-state index in [0.29, 0.717) is 23.3 Å². The topological polar surface area (TPSA) is 83.7 Å². The van der Waals surface area contributed by atoms with Crippen molar-refractivity contribution in [2.45, 2.75) is 25.8 Å². The second-order valence-corrected chi connectivity index (χ2v) is 5.52. The minimum Gasteiger partial charge on any atom is -0.340 e. The van der Waals surface area contributed by atoms with Crippen LogP contribution < -0.4 is 10.6 Å². The highest BCUT2D eigenvalue weighted by Crippen LogP contribution is 2.24. The lowest BCUT2D eigenvalue weighted by Gasteiger charge is -2.32. The number of pyridine rings is 1. The summed E-state index contributed by atoms with van der Waals surface area (Å²) in [7, 11) is 0. The first-order chi connectivity index (χ1) is 10.1. The van der Waals surface area contributed by atoms with Crippen LogP contribution >= 0.6 is 0 Å². The summed E-state index contributed by atoms with van der Waals surface area (Å²) < 4.78 is 13.7. The van der Waals surface area contributed by atoms with Crippen molar-refractivity contribution in [3.63, 3.8) is 0 Å². The average molecular weight is 290 g/mol. The van der Waals surface area contributed by atoms with Crippen LogP contribution in [0.3, 0.4) is 0 Å². The molecule has 0 amide bonds. The lowest BCUT2D eigenvalue weighted by Crippen LogP contribution is -2.40. The lowest BCUT2D eigenvalue weighted by molar-refractivity contribution is 0.352. The number of H-pyrrole nitrogens is 1. The first-order valence-corrected chi connectivity index (χ1v) is 7.18. The van der Waals surface area contributed by atoms with Gasteiger partial charge in [-0.3, -0.25) is 10.1 Å². The number of rotatable bonds is 3. The van der Waals surface area contributed by atoms with E-state index in [2.05, 4.69) is 32.0 Å². The summed E-state index contributed by atoms with van der Waals surface area (Å²) in [5.41, 5.74) is 6.33. The van der Waals surface area contributed by atoms with Crippen LogP contribution in [0.5, 0.6) is 0 Å². The minimum absolute atomic E-state index is 0.223. The van der Waals surface area contributed by atoms with Crippen LogP contribution in [0.1, 0.15) is 19.8 Å². The molecule has 1 unspecified atom stereocenters. The smallest absolute Gasteiger partial charge is 0.245 e. The van der Waals surface area contributed by atoms with E-state index in [1.807, 2.05) is 0 Å². The molecule has 2 aromatic rings. The van der Waals surface area contributed by atoms with Gasteiger partial charge in [-0.25, -0.2) is 4.39 Å². The third kappa shape index (κ3) is 2.87. The van der Waals surface area contributed by atoms with Gasteiger partial charge >= 0.3 is 0 Å². The highest BCUT2D eigenvalue weighted by molar-refractivity contribution is 5.56. The Morgan fingerprint density at radius 3 is 2.86 bits per heavy atom. The van der Waals surface area contributed by atoms with E-state index in [1.54, 1.807) is 6.07 Å². The Kier molecular flexibility index (Phi) is 3.83. The molecule has 1 aliphatic heterocycles. The predicted molar refractivity (Wildman–Crippen MR) is 78.2 cm³/mol. The fourth-order valence-electron chi connectivity index (χ4n) is 2.71. The van der Waals surface area contributed by atoms with Crippen LogP contribution in [0.15, 0.2) is 18.5 Å². The van der Waals surface area contributed by atoms with E-state index in [0.717, 1.165) is 25.9 Å². The summed E-state index contributed by atoms with van der Waals surface area (Å²) in [5, 5.41) is 7.00. The molecule has 0 aliphatic carbocycles. The van der Waals surface area contributed by atoms with Crippen molar-refractivity contribution in [3.8, 4) is 11.4 Å². The van der Waals surface area contributed by atoms with Gasteiger partial charge in [0.2, 0.25) is 5.95 Å². The van der Waals surface area contributed by atoms with Gasteiger partial charge < -0.3 is 10.6 Å². The van der Waals surface area contributed by atoms with Gasteiger partial charge in [0, 0.05) is 25.3 Å². The van der Waals surface area contributed by atoms with Gasteiger partial charge in [-0.05, 0) is 31.7 Å². The summed E-state index contributed by atoms with van der Waals surface area (Å²) in [5.74, 6) is 1.19. The molecular weight excluding hydrogens is 271 g/mol. The Morgan fingerprint density at radius 1 is 1.43 bits per heavy atom. The predicted octanol–water partition coefficient (Wildman–Crippen LogP) is 1.57. The van der Waals surface area contributed by atoms with Gasteiger partial charge in [0.25, 0.3) is 0 Å². The number of nitrogens with zero attached hydrogens (tertiary/aromatic N) is 4. The molecule has 7 heteroatoms. The Bertz CT molecular complexity index is 603. The third-order valence-corrected chi connectivity index (χ3v) is 4.07. The van der Waals surface area contributed by atoms with Gasteiger partial charge in [0.05, 0.1) is 11.8 Å². The molecule has 1 fully saturated rings. The molecule has 0 radical (unpaired) electrons. The molecular formula is C14H19FN6. The second kappa shape index (κ2) is 5.77. The largest absolute Gasteiger partial charge is 0.340 e. The maximum Gasteiger partial charge on any atom is 0.245 e. The van der Waals surface area contributed by atoms with E-state index in [4.69, 9.17) is 5.73 Å². The van der Waals surface area contributed by atoms with Gasteiger partial charge in [0.1, 0.15) is 0 Å². The lowest BCUT2D eigenvalue weighted by atomic mass is 9.91. The summed E-state index contributed by atoms with van der Waals surface area (Å²) in [6.45, 7) is 3.81. The van der Waals surface area contributed by atoms with Crippen LogP contribution in [-0.4, -0.2) is 39.3 Å². The zero-order valence-corrected chi connectivity index (χ0v) is 12.0. The van der Waals surface area contributed by atoms with E-state index >= 15 is 0 Å². The highest BCUT2D eigenvalue weighted by atomic mass is 19.1. The van der Waals surface area contributed by atoms with Gasteiger partial charge in [-0.1, -0.05) is 0 Å². The van der Waals surface area contributed by atoms with Crippen LogP contribution in [0.4, 0.5) is 10.3 Å². The summed E-state index contributed by atoms with van der Waals surface area (Å²) in [4.78, 5) is 10.2. The number of hydrogen-bond acceptors (Lipinski definition) is 5. The molecule has 21 heavy (non-hydrogen) atoms. The molecule has 6 nitrogen and oxygen atoms in total. The Morgan fingerprint density at radius 2 is 2.19 bits per heavy atom. The molecule has 1 atom stereocenters. The number of aromatic amines is 1. The fraction of sp³-hybridized carbons (Fsp3) is 0.500. The van der Waals surface area contributed by atoms with Gasteiger partial charge in [0.15, 0.2) is 11.6 Å². The zero-order valence-electron chi connectivity index (χ0n) is 12.0. The second-order valence-electron chi connectivity index (χ2n) is 5.52. The minimum atomic E-state index is -0.407. The molecule has 0 aromatic carbocycles. The number of nitrogens with one attached hydrogen (secondary N) is 1. The van der Waals surface area contributed by atoms with Crippen molar-refractivity contribution >= 4 is 5.95 Å². The monoisotopic (exact) mass is 290 g/mol. The molecule has 1 saturated heterocycles. The first kappa shape index (κ1) is 13.9. The van der Waals surface area contributed by atoms with E-state index < -0.39 is 5.82 Å². The normalized spacial score (nSPS) is 18.0. The average Bonchev–Trinajstić information content (AvgIpc) is 2.97. The van der Waals surface area contributed by atoms with Crippen molar-refractivity contribution < 1.29 is 4.39 Å². The van der Waals surface area contributed by atoms with Crippen LogP contribution in [0, 0.1) is 11.7 Å². The third-order valence-electron chi connectivity index (χ3n) is 4.07. The van der Waals surface area contributed by atoms with Gasteiger partial charge in [-0.15, -0.1) is 5.10 Å². The molecule has 3 heterocycles. The Balaban J connectivity index is 1.73. The molecule has 3 N–H and O–H groups in total. The van der Waals surface area contributed by atoms with Crippen molar-refractivity contribution in [2.24, 2.45) is 11.7 Å². The molecule has 0 saturated carbocycles. The SMILES string of the molecule is CC(N)C1CCN(c2n[nH]c(-c3ccncc3F)n2)CC1. The van der Waals surface area contributed by atoms with Crippen molar-refractivity contribution in [1.29, 1.82) is 0 Å². The molecule has 2 aromatic heterocycles. The fourth-order valence-corrected chi connectivity index (χ4v) is 2.71. The molecule has 112 valence electrons. The molecule has 0 bridgehead atoms. The molecule has 3 rings (SSSR count). The van der Waals surface area contributed by atoms with Crippen LogP contribution in [0.25, 0.3) is 11.4 Å². The number of piperidine rings is 1. The van der Waals surface area contributed by atoms with E-state index in [-0.39, 0.29) is 6.04 Å². The number of nitrogens with two attached hydrogens (primary N) is 1.